The van der Waals surface area contributed by atoms with Gasteiger partial charge in [-0.2, -0.15) is 10.4 Å². The molecule has 1 aliphatic heterocycles. The number of hydrazone groups is 1. The van der Waals surface area contributed by atoms with Crippen LogP contribution in [0.25, 0.3) is 0 Å². The van der Waals surface area contributed by atoms with Gasteiger partial charge in [0, 0.05) is 24.9 Å². The third kappa shape index (κ3) is 6.78. The number of rotatable bonds is 9. The Morgan fingerprint density at radius 1 is 0.971 bits per heavy atom. The summed E-state index contributed by atoms with van der Waals surface area (Å²) in [6.45, 7) is 0.879. The molecule has 1 heterocycles. The van der Waals surface area contributed by atoms with Crippen molar-refractivity contribution in [2.75, 3.05) is 11.9 Å². The van der Waals surface area contributed by atoms with Gasteiger partial charge in [-0.05, 0) is 41.0 Å². The fraction of sp³-hybridized carbons (Fsp3) is 0.214. The van der Waals surface area contributed by atoms with E-state index in [9.17, 15) is 9.59 Å². The molecule has 0 radical (unpaired) electrons. The van der Waals surface area contributed by atoms with Crippen LogP contribution in [0.15, 0.2) is 84.0 Å². The molecule has 0 spiro atoms. The molecule has 1 N–H and O–H groups in total. The van der Waals surface area contributed by atoms with Crippen molar-refractivity contribution in [3.8, 4) is 11.8 Å². The van der Waals surface area contributed by atoms with Gasteiger partial charge in [0.2, 0.25) is 11.8 Å². The molecule has 0 saturated carbocycles. The van der Waals surface area contributed by atoms with E-state index < -0.39 is 0 Å². The number of hydrogen-bond donors (Lipinski definition) is 1. The number of nitrogens with zero attached hydrogens (tertiary/aromatic N) is 3. The van der Waals surface area contributed by atoms with Crippen LogP contribution in [-0.4, -0.2) is 29.1 Å². The van der Waals surface area contributed by atoms with Crippen molar-refractivity contribution in [1.29, 1.82) is 5.26 Å². The van der Waals surface area contributed by atoms with Gasteiger partial charge in [0.15, 0.2) is 0 Å². The largest absolute Gasteiger partial charge is 0.489 e. The second kappa shape index (κ2) is 11.6. The second-order valence-electron chi connectivity index (χ2n) is 8.20. The van der Waals surface area contributed by atoms with E-state index >= 15 is 0 Å². The number of carbonyl (C=O) groups is 2. The molecule has 35 heavy (non-hydrogen) atoms. The topological polar surface area (TPSA) is 94.8 Å². The van der Waals surface area contributed by atoms with Gasteiger partial charge in [-0.3, -0.25) is 9.59 Å². The number of benzene rings is 3. The standard InChI is InChI=1S/C28H26N4O3/c29-17-15-21-9-11-25(12-10-21)35-20-22-5-4-8-24(19-22)30-27(33)13-14-28(34)32-18-16-26(31-32)23-6-2-1-3-7-23/h1-12,19H,13-16,18,20H2,(H,30,33). The smallest absolute Gasteiger partial charge is 0.243 e. The van der Waals surface area contributed by atoms with E-state index in [4.69, 9.17) is 10.00 Å². The summed E-state index contributed by atoms with van der Waals surface area (Å²) in [4.78, 5) is 24.9. The van der Waals surface area contributed by atoms with Gasteiger partial charge in [0.05, 0.1) is 24.7 Å². The predicted octanol–water partition coefficient (Wildman–Crippen LogP) is 4.69. The average Bonchev–Trinajstić information content (AvgIpc) is 3.38. The third-order valence-electron chi connectivity index (χ3n) is 5.59. The maximum absolute atomic E-state index is 12.5. The van der Waals surface area contributed by atoms with Crippen molar-refractivity contribution in [2.24, 2.45) is 5.10 Å². The zero-order chi connectivity index (χ0) is 24.5. The van der Waals surface area contributed by atoms with Crippen molar-refractivity contribution < 1.29 is 14.3 Å². The number of hydrogen-bond acceptors (Lipinski definition) is 5. The molecule has 0 fully saturated rings. The lowest BCUT2D eigenvalue weighted by Gasteiger charge is -2.12. The quantitative estimate of drug-likeness (QED) is 0.495. The van der Waals surface area contributed by atoms with E-state index in [1.54, 1.807) is 6.07 Å². The lowest BCUT2D eigenvalue weighted by atomic mass is 10.1. The van der Waals surface area contributed by atoms with Crippen LogP contribution < -0.4 is 10.1 Å². The minimum Gasteiger partial charge on any atom is -0.489 e. The van der Waals surface area contributed by atoms with Crippen LogP contribution in [0.1, 0.15) is 36.0 Å². The molecule has 3 aromatic rings. The monoisotopic (exact) mass is 466 g/mol. The molecule has 0 aromatic heterocycles. The molecule has 1 aliphatic rings. The van der Waals surface area contributed by atoms with Crippen molar-refractivity contribution in [2.45, 2.75) is 32.3 Å². The molecule has 176 valence electrons. The van der Waals surface area contributed by atoms with Crippen LogP contribution in [-0.2, 0) is 22.6 Å². The van der Waals surface area contributed by atoms with E-state index in [0.717, 1.165) is 22.4 Å². The Labute approximate surface area is 204 Å². The number of nitrogens with one attached hydrogen (secondary N) is 1. The van der Waals surface area contributed by atoms with Crippen molar-refractivity contribution in [3.63, 3.8) is 0 Å². The molecule has 7 heteroatoms. The molecule has 2 amide bonds. The fourth-order valence-electron chi connectivity index (χ4n) is 3.74. The Morgan fingerprint density at radius 3 is 2.54 bits per heavy atom. The molecule has 0 saturated heterocycles. The van der Waals surface area contributed by atoms with E-state index in [-0.39, 0.29) is 24.7 Å². The van der Waals surface area contributed by atoms with Crippen LogP contribution in [0.4, 0.5) is 5.69 Å². The summed E-state index contributed by atoms with van der Waals surface area (Å²) < 4.78 is 5.80. The number of ether oxygens (including phenoxy) is 1. The summed E-state index contributed by atoms with van der Waals surface area (Å²) in [7, 11) is 0. The minimum atomic E-state index is -0.226. The zero-order valence-corrected chi connectivity index (χ0v) is 19.3. The average molecular weight is 467 g/mol. The number of carbonyl (C=O) groups excluding carboxylic acids is 2. The van der Waals surface area contributed by atoms with Gasteiger partial charge in [0.25, 0.3) is 0 Å². The van der Waals surface area contributed by atoms with E-state index in [2.05, 4.69) is 16.5 Å². The van der Waals surface area contributed by atoms with Gasteiger partial charge in [-0.15, -0.1) is 0 Å². The SMILES string of the molecule is N#CCc1ccc(OCc2cccc(NC(=O)CCC(=O)N3CCC(c4ccccc4)=N3)c2)cc1. The molecule has 3 aromatic carbocycles. The summed E-state index contributed by atoms with van der Waals surface area (Å²) in [6, 6.07) is 26.7. The lowest BCUT2D eigenvalue weighted by molar-refractivity contribution is -0.132. The molecule has 0 aliphatic carbocycles. The molecule has 0 unspecified atom stereocenters. The Balaban J connectivity index is 1.24. The summed E-state index contributed by atoms with van der Waals surface area (Å²) in [5, 5.41) is 17.5. The van der Waals surface area contributed by atoms with Gasteiger partial charge in [0.1, 0.15) is 12.4 Å². The van der Waals surface area contributed by atoms with Crippen LogP contribution >= 0.6 is 0 Å². The Morgan fingerprint density at radius 2 is 1.77 bits per heavy atom. The molecule has 0 bridgehead atoms. The van der Waals surface area contributed by atoms with Gasteiger partial charge in [-0.1, -0.05) is 54.6 Å². The molecule has 0 atom stereocenters. The summed E-state index contributed by atoms with van der Waals surface area (Å²) >= 11 is 0. The van der Waals surface area contributed by atoms with Crippen LogP contribution in [0.3, 0.4) is 0 Å². The highest BCUT2D eigenvalue weighted by Gasteiger charge is 2.21. The summed E-state index contributed by atoms with van der Waals surface area (Å²) in [5.74, 6) is 0.324. The van der Waals surface area contributed by atoms with Crippen LogP contribution in [0.5, 0.6) is 5.75 Å². The second-order valence-corrected chi connectivity index (χ2v) is 8.20. The van der Waals surface area contributed by atoms with Crippen molar-refractivity contribution in [1.82, 2.24) is 5.01 Å². The first kappa shape index (κ1) is 23.7. The fourth-order valence-corrected chi connectivity index (χ4v) is 3.74. The first-order valence-corrected chi connectivity index (χ1v) is 11.5. The number of anilines is 1. The number of nitriles is 1. The highest BCUT2D eigenvalue weighted by atomic mass is 16.5. The van der Waals surface area contributed by atoms with Gasteiger partial charge >= 0.3 is 0 Å². The Bertz CT molecular complexity index is 1250. The summed E-state index contributed by atoms with van der Waals surface area (Å²) in [6.07, 6.45) is 1.26. The van der Waals surface area contributed by atoms with Crippen molar-refractivity contribution >= 4 is 23.2 Å². The van der Waals surface area contributed by atoms with Crippen LogP contribution in [0, 0.1) is 11.3 Å². The first-order valence-electron chi connectivity index (χ1n) is 11.5. The molecule has 7 nitrogen and oxygen atoms in total. The van der Waals surface area contributed by atoms with E-state index in [0.29, 0.717) is 37.4 Å². The van der Waals surface area contributed by atoms with E-state index in [1.807, 2.05) is 72.8 Å². The minimum absolute atomic E-state index is 0.0846. The lowest BCUT2D eigenvalue weighted by Crippen LogP contribution is -2.25. The molecular formula is C28H26N4O3. The maximum Gasteiger partial charge on any atom is 0.243 e. The van der Waals surface area contributed by atoms with Gasteiger partial charge < -0.3 is 10.1 Å². The first-order chi connectivity index (χ1) is 17.1. The Kier molecular flexibility index (Phi) is 7.87. The normalized spacial score (nSPS) is 12.5. The highest BCUT2D eigenvalue weighted by Crippen LogP contribution is 2.18. The predicted molar refractivity (Wildman–Crippen MR) is 134 cm³/mol. The molecular weight excluding hydrogens is 440 g/mol. The third-order valence-corrected chi connectivity index (χ3v) is 5.59. The van der Waals surface area contributed by atoms with E-state index in [1.165, 1.54) is 5.01 Å². The maximum atomic E-state index is 12.5. The zero-order valence-electron chi connectivity index (χ0n) is 19.3. The Hall–Kier alpha value is -4.44. The highest BCUT2D eigenvalue weighted by molar-refractivity contribution is 6.02. The van der Waals surface area contributed by atoms with Crippen molar-refractivity contribution in [3.05, 3.63) is 95.6 Å². The van der Waals surface area contributed by atoms with Gasteiger partial charge in [-0.25, -0.2) is 5.01 Å². The van der Waals surface area contributed by atoms with Crippen LogP contribution in [0.2, 0.25) is 0 Å². The number of amides is 2. The molecule has 4 rings (SSSR count). The summed E-state index contributed by atoms with van der Waals surface area (Å²) in [5.41, 5.74) is 4.40.